The lowest BCUT2D eigenvalue weighted by molar-refractivity contribution is 0.0535. The lowest BCUT2D eigenvalue weighted by atomic mass is 10.1. The van der Waals surface area contributed by atoms with Crippen molar-refractivity contribution in [3.63, 3.8) is 0 Å². The number of rotatable bonds is 4. The van der Waals surface area contributed by atoms with Crippen molar-refractivity contribution in [2.75, 3.05) is 26.2 Å². The van der Waals surface area contributed by atoms with Gasteiger partial charge in [0, 0.05) is 42.3 Å². The van der Waals surface area contributed by atoms with Crippen LogP contribution in [0.1, 0.15) is 34.6 Å². The molecule has 1 fully saturated rings. The van der Waals surface area contributed by atoms with Crippen molar-refractivity contribution in [2.45, 2.75) is 24.0 Å². The Morgan fingerprint density at radius 2 is 1.17 bits per heavy atom. The third-order valence-corrected chi connectivity index (χ3v) is 7.42. The van der Waals surface area contributed by atoms with Gasteiger partial charge in [0.25, 0.3) is 11.8 Å². The van der Waals surface area contributed by atoms with Crippen LogP contribution in [0.2, 0.25) is 5.02 Å². The summed E-state index contributed by atoms with van der Waals surface area (Å²) in [6.07, 6.45) is 0. The zero-order chi connectivity index (χ0) is 21.2. The molecule has 1 heterocycles. The Bertz CT molecular complexity index is 994. The van der Waals surface area contributed by atoms with E-state index >= 15 is 0 Å². The highest BCUT2D eigenvalue weighted by atomic mass is 35.5. The maximum absolute atomic E-state index is 12.7. The van der Waals surface area contributed by atoms with Gasteiger partial charge in [-0.3, -0.25) is 9.59 Å². The molecule has 2 amide bonds. The minimum atomic E-state index is -3.37. The van der Waals surface area contributed by atoms with E-state index in [-0.39, 0.29) is 16.7 Å². The van der Waals surface area contributed by atoms with Gasteiger partial charge in [-0.25, -0.2) is 8.42 Å². The Balaban J connectivity index is 1.63. The average molecular weight is 435 g/mol. The van der Waals surface area contributed by atoms with Crippen LogP contribution >= 0.6 is 11.6 Å². The average Bonchev–Trinajstić information content (AvgIpc) is 2.73. The summed E-state index contributed by atoms with van der Waals surface area (Å²) in [4.78, 5) is 28.9. The molecule has 0 unspecified atom stereocenters. The van der Waals surface area contributed by atoms with Crippen LogP contribution in [0, 0.1) is 0 Å². The van der Waals surface area contributed by atoms with Gasteiger partial charge in [0.05, 0.1) is 10.1 Å². The van der Waals surface area contributed by atoms with Gasteiger partial charge in [0.15, 0.2) is 9.84 Å². The van der Waals surface area contributed by atoms with Crippen LogP contribution in [0.25, 0.3) is 0 Å². The van der Waals surface area contributed by atoms with Crippen molar-refractivity contribution < 1.29 is 18.0 Å². The van der Waals surface area contributed by atoms with Crippen LogP contribution < -0.4 is 0 Å². The summed E-state index contributed by atoms with van der Waals surface area (Å²) in [6.45, 7) is 4.97. The quantitative estimate of drug-likeness (QED) is 0.740. The first-order valence-electron chi connectivity index (χ1n) is 9.38. The second kappa shape index (κ2) is 8.55. The summed E-state index contributed by atoms with van der Waals surface area (Å²) in [5.41, 5.74) is 1.00. The molecule has 0 N–H and O–H groups in total. The van der Waals surface area contributed by atoms with Gasteiger partial charge in [0.1, 0.15) is 0 Å². The van der Waals surface area contributed by atoms with Crippen LogP contribution in [0.5, 0.6) is 0 Å². The Hall–Kier alpha value is -2.38. The zero-order valence-corrected chi connectivity index (χ0v) is 17.9. The molecule has 0 aromatic heterocycles. The summed E-state index contributed by atoms with van der Waals surface area (Å²) in [6, 6.07) is 12.8. The fraction of sp³-hybridized carbons (Fsp3) is 0.333. The molecule has 154 valence electrons. The topological polar surface area (TPSA) is 74.8 Å². The smallest absolute Gasteiger partial charge is 0.253 e. The third kappa shape index (κ3) is 4.62. The lowest BCUT2D eigenvalue weighted by Gasteiger charge is -2.35. The number of nitrogens with zero attached hydrogens (tertiary/aromatic N) is 2. The van der Waals surface area contributed by atoms with Gasteiger partial charge in [-0.15, -0.1) is 0 Å². The van der Waals surface area contributed by atoms with E-state index in [4.69, 9.17) is 11.6 Å². The number of carbonyl (C=O) groups excluding carboxylic acids is 2. The fourth-order valence-corrected chi connectivity index (χ4v) is 4.32. The Morgan fingerprint density at radius 3 is 1.55 bits per heavy atom. The van der Waals surface area contributed by atoms with Gasteiger partial charge >= 0.3 is 0 Å². The Labute approximate surface area is 176 Å². The van der Waals surface area contributed by atoms with E-state index in [1.54, 1.807) is 60.0 Å². The first-order chi connectivity index (χ1) is 13.7. The highest BCUT2D eigenvalue weighted by Gasteiger charge is 2.26. The van der Waals surface area contributed by atoms with Crippen LogP contribution in [0.15, 0.2) is 53.4 Å². The molecule has 2 aromatic rings. The maximum atomic E-state index is 12.7. The summed E-state index contributed by atoms with van der Waals surface area (Å²) in [7, 11) is -3.37. The minimum absolute atomic E-state index is 0.0861. The first-order valence-corrected chi connectivity index (χ1v) is 11.3. The SMILES string of the molecule is CC(C)S(=O)(=O)c1ccc(C(=O)N2CCN(C(=O)c3ccc(Cl)cc3)CC2)cc1. The molecule has 6 nitrogen and oxygen atoms in total. The first kappa shape index (κ1) is 21.3. The molecule has 1 aliphatic heterocycles. The maximum Gasteiger partial charge on any atom is 0.253 e. The van der Waals surface area contributed by atoms with Gasteiger partial charge in [-0.05, 0) is 62.4 Å². The molecule has 1 aliphatic rings. The van der Waals surface area contributed by atoms with Gasteiger partial charge in [0.2, 0.25) is 0 Å². The van der Waals surface area contributed by atoms with E-state index < -0.39 is 15.1 Å². The fourth-order valence-electron chi connectivity index (χ4n) is 3.13. The molecule has 0 bridgehead atoms. The largest absolute Gasteiger partial charge is 0.335 e. The summed E-state index contributed by atoms with van der Waals surface area (Å²) < 4.78 is 24.4. The second-order valence-corrected chi connectivity index (χ2v) is 10.2. The predicted molar refractivity (Wildman–Crippen MR) is 112 cm³/mol. The van der Waals surface area contributed by atoms with Gasteiger partial charge in [-0.1, -0.05) is 11.6 Å². The Morgan fingerprint density at radius 1 is 0.793 bits per heavy atom. The van der Waals surface area contributed by atoms with E-state index in [1.165, 1.54) is 12.1 Å². The molecule has 0 spiro atoms. The molecule has 3 rings (SSSR count). The number of hydrogen-bond donors (Lipinski definition) is 0. The minimum Gasteiger partial charge on any atom is -0.335 e. The van der Waals surface area contributed by atoms with Crippen LogP contribution in [-0.2, 0) is 9.84 Å². The molecule has 29 heavy (non-hydrogen) atoms. The standard InChI is InChI=1S/C21H23ClN2O4S/c1-15(2)29(27,28)19-9-5-17(6-10-19)21(26)24-13-11-23(12-14-24)20(25)16-3-7-18(22)8-4-16/h3-10,15H,11-14H2,1-2H3. The third-order valence-electron chi connectivity index (χ3n) is 5.00. The number of amides is 2. The molecule has 0 atom stereocenters. The molecule has 8 heteroatoms. The highest BCUT2D eigenvalue weighted by Crippen LogP contribution is 2.18. The number of sulfone groups is 1. The van der Waals surface area contributed by atoms with Crippen LogP contribution in [0.3, 0.4) is 0 Å². The van der Waals surface area contributed by atoms with Crippen LogP contribution in [0.4, 0.5) is 0 Å². The number of halogens is 1. The van der Waals surface area contributed by atoms with Crippen molar-refractivity contribution in [2.24, 2.45) is 0 Å². The molecule has 1 saturated heterocycles. The molecular weight excluding hydrogens is 412 g/mol. The predicted octanol–water partition coefficient (Wildman–Crippen LogP) is 3.12. The molecule has 0 radical (unpaired) electrons. The van der Waals surface area contributed by atoms with E-state index in [0.29, 0.717) is 42.3 Å². The van der Waals surface area contributed by atoms with E-state index in [0.717, 1.165) is 0 Å². The molecule has 2 aromatic carbocycles. The van der Waals surface area contributed by atoms with E-state index in [2.05, 4.69) is 0 Å². The number of piperazine rings is 1. The number of hydrogen-bond acceptors (Lipinski definition) is 4. The van der Waals surface area contributed by atoms with Crippen molar-refractivity contribution >= 4 is 33.3 Å². The van der Waals surface area contributed by atoms with Gasteiger partial charge in [-0.2, -0.15) is 0 Å². The number of carbonyl (C=O) groups is 2. The summed E-state index contributed by atoms with van der Waals surface area (Å²) >= 11 is 5.86. The number of benzene rings is 2. The highest BCUT2D eigenvalue weighted by molar-refractivity contribution is 7.92. The second-order valence-electron chi connectivity index (χ2n) is 7.21. The Kier molecular flexibility index (Phi) is 6.29. The molecule has 0 aliphatic carbocycles. The normalized spacial score (nSPS) is 14.9. The van der Waals surface area contributed by atoms with Crippen molar-refractivity contribution in [1.29, 1.82) is 0 Å². The lowest BCUT2D eigenvalue weighted by Crippen LogP contribution is -2.50. The van der Waals surface area contributed by atoms with Crippen LogP contribution in [-0.4, -0.2) is 61.5 Å². The van der Waals surface area contributed by atoms with E-state index in [1.807, 2.05) is 0 Å². The summed E-state index contributed by atoms with van der Waals surface area (Å²) in [5.74, 6) is -0.255. The zero-order valence-electron chi connectivity index (χ0n) is 16.3. The van der Waals surface area contributed by atoms with Gasteiger partial charge < -0.3 is 9.80 Å². The van der Waals surface area contributed by atoms with Crippen molar-refractivity contribution in [3.05, 3.63) is 64.7 Å². The summed E-state index contributed by atoms with van der Waals surface area (Å²) in [5, 5.41) is 0.0551. The molecular formula is C21H23ClN2O4S. The molecule has 0 saturated carbocycles. The monoisotopic (exact) mass is 434 g/mol. The van der Waals surface area contributed by atoms with Crippen molar-refractivity contribution in [3.8, 4) is 0 Å². The van der Waals surface area contributed by atoms with Crippen molar-refractivity contribution in [1.82, 2.24) is 9.80 Å². The van der Waals surface area contributed by atoms with E-state index in [9.17, 15) is 18.0 Å².